The highest BCUT2D eigenvalue weighted by atomic mass is 16.6. The molecule has 0 atom stereocenters. The number of ether oxygens (including phenoxy) is 2. The Morgan fingerprint density at radius 3 is 2.44 bits per heavy atom. The predicted octanol–water partition coefficient (Wildman–Crippen LogP) is 3.42. The van der Waals surface area contributed by atoms with Crippen molar-refractivity contribution in [3.8, 4) is 17.6 Å². The van der Waals surface area contributed by atoms with E-state index in [0.717, 1.165) is 38.2 Å². The number of carbonyl (C=O) groups is 1. The van der Waals surface area contributed by atoms with E-state index in [1.165, 1.54) is 5.56 Å². The Labute approximate surface area is 159 Å². The van der Waals surface area contributed by atoms with Gasteiger partial charge >= 0.3 is 0 Å². The Morgan fingerprint density at radius 2 is 1.74 bits per heavy atom. The Kier molecular flexibility index (Phi) is 5.08. The van der Waals surface area contributed by atoms with Crippen LogP contribution in [-0.2, 0) is 6.54 Å². The average Bonchev–Trinajstić information content (AvgIpc) is 2.74. The summed E-state index contributed by atoms with van der Waals surface area (Å²) in [6.45, 7) is 3.74. The van der Waals surface area contributed by atoms with Gasteiger partial charge in [-0.1, -0.05) is 12.1 Å². The van der Waals surface area contributed by atoms with Gasteiger partial charge in [0.25, 0.3) is 0 Å². The predicted molar refractivity (Wildman–Crippen MR) is 101 cm³/mol. The summed E-state index contributed by atoms with van der Waals surface area (Å²) in [7, 11) is 0. The molecule has 0 bridgehead atoms. The third-order valence-electron chi connectivity index (χ3n) is 5.27. The molecule has 4 rings (SSSR count). The van der Waals surface area contributed by atoms with Gasteiger partial charge < -0.3 is 9.47 Å². The molecular formula is C22H22N2O3. The molecule has 0 amide bonds. The maximum atomic E-state index is 12.9. The van der Waals surface area contributed by atoms with Gasteiger partial charge in [0, 0.05) is 18.0 Å². The zero-order valence-electron chi connectivity index (χ0n) is 15.2. The minimum Gasteiger partial charge on any atom is -0.486 e. The lowest BCUT2D eigenvalue weighted by Gasteiger charge is -2.31. The van der Waals surface area contributed by atoms with E-state index in [9.17, 15) is 4.79 Å². The van der Waals surface area contributed by atoms with Gasteiger partial charge in [0.1, 0.15) is 13.2 Å². The largest absolute Gasteiger partial charge is 0.486 e. The molecule has 5 nitrogen and oxygen atoms in total. The van der Waals surface area contributed by atoms with Crippen LogP contribution in [-0.4, -0.2) is 37.0 Å². The van der Waals surface area contributed by atoms with Crippen molar-refractivity contribution in [3.63, 3.8) is 0 Å². The quantitative estimate of drug-likeness (QED) is 0.780. The first-order valence-corrected chi connectivity index (χ1v) is 9.38. The van der Waals surface area contributed by atoms with Gasteiger partial charge in [-0.25, -0.2) is 0 Å². The van der Waals surface area contributed by atoms with Gasteiger partial charge in [-0.2, -0.15) is 5.26 Å². The van der Waals surface area contributed by atoms with Gasteiger partial charge in [-0.05, 0) is 61.8 Å². The van der Waals surface area contributed by atoms with E-state index in [-0.39, 0.29) is 11.7 Å². The lowest BCUT2D eigenvalue weighted by Crippen LogP contribution is -2.36. The number of fused-ring (bicyclic) bond motifs is 1. The summed E-state index contributed by atoms with van der Waals surface area (Å²) in [5.74, 6) is 1.65. The molecule has 0 aromatic heterocycles. The van der Waals surface area contributed by atoms with Gasteiger partial charge in [-0.15, -0.1) is 0 Å². The van der Waals surface area contributed by atoms with E-state index in [2.05, 4.69) is 11.0 Å². The van der Waals surface area contributed by atoms with Crippen molar-refractivity contribution in [2.45, 2.75) is 19.4 Å². The monoisotopic (exact) mass is 362 g/mol. The number of hydrogen-bond donors (Lipinski definition) is 0. The number of nitriles is 1. The van der Waals surface area contributed by atoms with Crippen molar-refractivity contribution >= 4 is 5.78 Å². The summed E-state index contributed by atoms with van der Waals surface area (Å²) in [5.41, 5.74) is 2.60. The number of hydrogen-bond acceptors (Lipinski definition) is 5. The van der Waals surface area contributed by atoms with Gasteiger partial charge in [0.2, 0.25) is 0 Å². The van der Waals surface area contributed by atoms with Crippen LogP contribution >= 0.6 is 0 Å². The summed E-state index contributed by atoms with van der Waals surface area (Å²) in [6, 6.07) is 15.4. The summed E-state index contributed by atoms with van der Waals surface area (Å²) in [5, 5.41) is 8.88. The van der Waals surface area contributed by atoms with E-state index in [1.807, 2.05) is 42.5 Å². The highest BCUT2D eigenvalue weighted by molar-refractivity contribution is 5.98. The van der Waals surface area contributed by atoms with E-state index in [4.69, 9.17) is 14.7 Å². The van der Waals surface area contributed by atoms with Crippen molar-refractivity contribution in [2.24, 2.45) is 5.92 Å². The van der Waals surface area contributed by atoms with Crippen LogP contribution in [0.1, 0.15) is 34.3 Å². The minimum absolute atomic E-state index is 0.0600. The molecule has 1 fully saturated rings. The molecule has 2 aromatic carbocycles. The number of ketones is 1. The molecule has 2 aromatic rings. The third-order valence-corrected chi connectivity index (χ3v) is 5.27. The lowest BCUT2D eigenvalue weighted by molar-refractivity contribution is 0.0833. The molecule has 2 heterocycles. The van der Waals surface area contributed by atoms with Crippen LogP contribution in [0.15, 0.2) is 42.5 Å². The highest BCUT2D eigenvalue weighted by Gasteiger charge is 2.27. The molecule has 0 spiro atoms. The number of likely N-dealkylation sites (tertiary alicyclic amines) is 1. The first-order chi connectivity index (χ1) is 13.2. The second-order valence-corrected chi connectivity index (χ2v) is 7.08. The molecule has 5 heteroatoms. The third kappa shape index (κ3) is 3.96. The number of rotatable bonds is 4. The van der Waals surface area contributed by atoms with Gasteiger partial charge in [0.15, 0.2) is 17.3 Å². The Bertz CT molecular complexity index is 862. The van der Waals surface area contributed by atoms with E-state index >= 15 is 0 Å². The summed E-state index contributed by atoms with van der Waals surface area (Å²) in [4.78, 5) is 15.2. The first-order valence-electron chi connectivity index (χ1n) is 9.38. The normalized spacial score (nSPS) is 17.3. The highest BCUT2D eigenvalue weighted by Crippen LogP contribution is 2.32. The summed E-state index contributed by atoms with van der Waals surface area (Å²) in [6.07, 6.45) is 1.73. The van der Waals surface area contributed by atoms with Gasteiger partial charge in [0.05, 0.1) is 11.6 Å². The van der Waals surface area contributed by atoms with Crippen molar-refractivity contribution in [1.82, 2.24) is 4.90 Å². The molecule has 1 saturated heterocycles. The standard InChI is InChI=1S/C22H22N2O3/c23-14-16-1-3-17(4-2-16)15-24-9-7-18(8-10-24)22(25)19-5-6-20-21(13-19)27-12-11-26-20/h1-6,13,18H,7-12,15H2. The van der Waals surface area contributed by atoms with E-state index in [0.29, 0.717) is 30.1 Å². The maximum Gasteiger partial charge on any atom is 0.166 e. The maximum absolute atomic E-state index is 12.9. The second kappa shape index (κ2) is 7.81. The lowest BCUT2D eigenvalue weighted by atomic mass is 9.88. The van der Waals surface area contributed by atoms with Crippen LogP contribution < -0.4 is 9.47 Å². The fourth-order valence-corrected chi connectivity index (χ4v) is 3.73. The molecule has 0 N–H and O–H groups in total. The SMILES string of the molecule is N#Cc1ccc(CN2CCC(C(=O)c3ccc4c(c3)OCCO4)CC2)cc1. The van der Waals surface area contributed by atoms with Crippen molar-refractivity contribution in [1.29, 1.82) is 5.26 Å². The van der Waals surface area contributed by atoms with Crippen LogP contribution in [0.25, 0.3) is 0 Å². The van der Waals surface area contributed by atoms with Crippen LogP contribution in [0.5, 0.6) is 11.5 Å². The zero-order chi connectivity index (χ0) is 18.6. The summed E-state index contributed by atoms with van der Waals surface area (Å²) >= 11 is 0. The van der Waals surface area contributed by atoms with E-state index < -0.39 is 0 Å². The first kappa shape index (κ1) is 17.6. The van der Waals surface area contributed by atoms with Crippen molar-refractivity contribution < 1.29 is 14.3 Å². The molecule has 0 radical (unpaired) electrons. The number of nitrogens with zero attached hydrogens (tertiary/aromatic N) is 2. The van der Waals surface area contributed by atoms with Crippen LogP contribution in [0.4, 0.5) is 0 Å². The van der Waals surface area contributed by atoms with E-state index in [1.54, 1.807) is 0 Å². The van der Waals surface area contributed by atoms with Gasteiger partial charge in [-0.3, -0.25) is 9.69 Å². The smallest absolute Gasteiger partial charge is 0.166 e. The second-order valence-electron chi connectivity index (χ2n) is 7.08. The Hall–Kier alpha value is -2.84. The molecule has 0 aliphatic carbocycles. The number of piperidine rings is 1. The molecule has 138 valence electrons. The van der Waals surface area contributed by atoms with Crippen LogP contribution in [0.3, 0.4) is 0 Å². The summed E-state index contributed by atoms with van der Waals surface area (Å²) < 4.78 is 11.1. The molecular weight excluding hydrogens is 340 g/mol. The Balaban J connectivity index is 1.34. The zero-order valence-corrected chi connectivity index (χ0v) is 15.2. The average molecular weight is 362 g/mol. The molecule has 27 heavy (non-hydrogen) atoms. The molecule has 2 aliphatic rings. The number of Topliss-reactive ketones (excluding diaryl/α,β-unsaturated/α-hetero) is 1. The fourth-order valence-electron chi connectivity index (χ4n) is 3.73. The van der Waals surface area contributed by atoms with Crippen LogP contribution in [0, 0.1) is 17.2 Å². The molecule has 0 saturated carbocycles. The van der Waals surface area contributed by atoms with Crippen LogP contribution in [0.2, 0.25) is 0 Å². The molecule has 0 unspecified atom stereocenters. The molecule has 2 aliphatic heterocycles. The fraction of sp³-hybridized carbons (Fsp3) is 0.364. The number of benzene rings is 2. The minimum atomic E-state index is 0.0600. The van der Waals surface area contributed by atoms with Crippen molar-refractivity contribution in [2.75, 3.05) is 26.3 Å². The Morgan fingerprint density at radius 1 is 1.04 bits per heavy atom. The topological polar surface area (TPSA) is 62.6 Å². The van der Waals surface area contributed by atoms with Crippen molar-refractivity contribution in [3.05, 3.63) is 59.2 Å². The number of carbonyl (C=O) groups excluding carboxylic acids is 1.